The number of ketones is 2. The lowest BCUT2D eigenvalue weighted by Gasteiger charge is -2.14. The summed E-state index contributed by atoms with van der Waals surface area (Å²) < 4.78 is 9.09. The molecule has 0 aliphatic heterocycles. The SMILES string of the molecule is ClCCl.O=C(CN[C@@H](Cc1ccccc1)C(=O)Cl)c1ccccc1.O=C(CN[C@@H](Cc1ccccc1)C(=O)O)c1ccccc1.O=S(Cl)Cl. The molecule has 0 aliphatic rings. The van der Waals surface area contributed by atoms with Crippen LogP contribution in [0.2, 0.25) is 0 Å². The zero-order valence-corrected chi connectivity index (χ0v) is 30.6. The number of rotatable bonds is 14. The molecule has 0 heterocycles. The maximum Gasteiger partial charge on any atom is 0.321 e. The van der Waals surface area contributed by atoms with Gasteiger partial charge in [0.15, 0.2) is 11.6 Å². The summed E-state index contributed by atoms with van der Waals surface area (Å²) in [5.74, 6) is -1.14. The molecule has 0 unspecified atom stereocenters. The van der Waals surface area contributed by atoms with Gasteiger partial charge in [0.05, 0.1) is 24.5 Å². The van der Waals surface area contributed by atoms with Crippen LogP contribution in [0.15, 0.2) is 121 Å². The third kappa shape index (κ3) is 20.9. The lowest BCUT2D eigenvalue weighted by molar-refractivity contribution is -0.139. The van der Waals surface area contributed by atoms with Gasteiger partial charge in [-0.2, -0.15) is 0 Å². The summed E-state index contributed by atoms with van der Waals surface area (Å²) in [7, 11) is 7.36. The molecule has 2 atom stereocenters. The molecule has 4 aromatic carbocycles. The topological polar surface area (TPSA) is 130 Å². The van der Waals surface area contributed by atoms with Crippen molar-refractivity contribution in [3.8, 4) is 0 Å². The van der Waals surface area contributed by atoms with E-state index in [1.54, 1.807) is 48.5 Å². The fourth-order valence-corrected chi connectivity index (χ4v) is 4.22. The van der Waals surface area contributed by atoms with E-state index in [2.05, 4.69) is 32.0 Å². The molecule has 0 bridgehead atoms. The van der Waals surface area contributed by atoms with Gasteiger partial charge >= 0.3 is 5.97 Å². The molecule has 0 aliphatic carbocycles. The zero-order valence-electron chi connectivity index (χ0n) is 26.0. The van der Waals surface area contributed by atoms with Gasteiger partial charge in [0.1, 0.15) is 6.04 Å². The Morgan fingerprint density at radius 3 is 1.18 bits per heavy atom. The van der Waals surface area contributed by atoms with Crippen LogP contribution in [0.3, 0.4) is 0 Å². The Kier molecular flexibility index (Phi) is 23.9. The molecular formula is C35H35Cl5N2O6S. The van der Waals surface area contributed by atoms with Gasteiger partial charge in [0.2, 0.25) is 14.5 Å². The molecule has 8 nitrogen and oxygen atoms in total. The van der Waals surface area contributed by atoms with Gasteiger partial charge in [-0.1, -0.05) is 121 Å². The lowest BCUT2D eigenvalue weighted by Crippen LogP contribution is -2.41. The number of carboxylic acids is 1. The third-order valence-corrected chi connectivity index (χ3v) is 6.61. The lowest BCUT2D eigenvalue weighted by atomic mass is 10.1. The van der Waals surface area contributed by atoms with E-state index in [0.29, 0.717) is 24.0 Å². The number of carbonyl (C=O) groups excluding carboxylic acids is 3. The number of hydrogen-bond donors (Lipinski definition) is 3. The Balaban J connectivity index is 0.000000412. The Labute approximate surface area is 312 Å². The number of aliphatic carboxylic acids is 1. The highest BCUT2D eigenvalue weighted by atomic mass is 36.0. The quantitative estimate of drug-likeness (QED) is 0.0683. The second-order valence-corrected chi connectivity index (χ2v) is 13.5. The molecule has 49 heavy (non-hydrogen) atoms. The Morgan fingerprint density at radius 1 is 0.592 bits per heavy atom. The van der Waals surface area contributed by atoms with Crippen molar-refractivity contribution in [2.75, 3.05) is 18.4 Å². The van der Waals surface area contributed by atoms with Crippen LogP contribution in [-0.4, -0.2) is 62.6 Å². The van der Waals surface area contributed by atoms with Crippen molar-refractivity contribution in [2.45, 2.75) is 24.9 Å². The fraction of sp³-hybridized carbons (Fsp3) is 0.200. The first-order valence-electron chi connectivity index (χ1n) is 14.5. The minimum atomic E-state index is -1.67. The summed E-state index contributed by atoms with van der Waals surface area (Å²) in [6.07, 6.45) is 0.809. The van der Waals surface area contributed by atoms with Crippen LogP contribution in [0, 0.1) is 0 Å². The number of halogens is 5. The van der Waals surface area contributed by atoms with Crippen LogP contribution < -0.4 is 10.6 Å². The molecule has 3 N–H and O–H groups in total. The molecule has 0 aromatic heterocycles. The largest absolute Gasteiger partial charge is 0.480 e. The number of alkyl halides is 2. The van der Waals surface area contributed by atoms with E-state index in [1.807, 2.05) is 72.8 Å². The number of carbonyl (C=O) groups is 4. The molecule has 0 fully saturated rings. The first kappa shape index (κ1) is 43.9. The molecular weight excluding hydrogens is 754 g/mol. The van der Waals surface area contributed by atoms with E-state index in [4.69, 9.17) is 39.0 Å². The monoisotopic (exact) mass is 786 g/mol. The molecule has 4 aromatic rings. The summed E-state index contributed by atoms with van der Waals surface area (Å²) in [4.78, 5) is 46.7. The van der Waals surface area contributed by atoms with Gasteiger partial charge in [-0.3, -0.25) is 29.8 Å². The molecule has 0 saturated carbocycles. The van der Waals surface area contributed by atoms with Crippen molar-refractivity contribution >= 4 is 88.2 Å². The second-order valence-electron chi connectivity index (χ2n) is 9.75. The van der Waals surface area contributed by atoms with Crippen molar-refractivity contribution in [1.82, 2.24) is 10.6 Å². The highest BCUT2D eigenvalue weighted by Gasteiger charge is 2.19. The minimum absolute atomic E-state index is 0.00775. The molecule has 0 amide bonds. The van der Waals surface area contributed by atoms with Gasteiger partial charge in [-0.25, -0.2) is 4.21 Å². The predicted molar refractivity (Wildman–Crippen MR) is 200 cm³/mol. The highest BCUT2D eigenvalue weighted by Crippen LogP contribution is 2.07. The van der Waals surface area contributed by atoms with E-state index < -0.39 is 32.5 Å². The van der Waals surface area contributed by atoms with Crippen molar-refractivity contribution in [3.63, 3.8) is 0 Å². The average Bonchev–Trinajstić information content (AvgIpc) is 3.10. The maximum absolute atomic E-state index is 12.0. The number of benzene rings is 4. The van der Waals surface area contributed by atoms with Crippen LogP contribution in [0.25, 0.3) is 0 Å². The molecule has 0 saturated heterocycles. The van der Waals surface area contributed by atoms with Gasteiger partial charge in [0, 0.05) is 32.5 Å². The fourth-order valence-electron chi connectivity index (χ4n) is 4.06. The molecule has 262 valence electrons. The third-order valence-electron chi connectivity index (χ3n) is 6.35. The number of hydrogen-bond acceptors (Lipinski definition) is 7. The molecule has 0 radical (unpaired) electrons. The van der Waals surface area contributed by atoms with Crippen molar-refractivity contribution in [1.29, 1.82) is 0 Å². The summed E-state index contributed by atoms with van der Waals surface area (Å²) in [5, 5.41) is 14.7. The van der Waals surface area contributed by atoms with E-state index in [-0.39, 0.29) is 30.0 Å². The van der Waals surface area contributed by atoms with Gasteiger partial charge < -0.3 is 5.11 Å². The first-order chi connectivity index (χ1) is 23.5. The summed E-state index contributed by atoms with van der Waals surface area (Å²) in [5.41, 5.74) is 3.11. The van der Waals surface area contributed by atoms with E-state index in [0.717, 1.165) is 11.1 Å². The van der Waals surface area contributed by atoms with Crippen LogP contribution in [0.4, 0.5) is 0 Å². The van der Waals surface area contributed by atoms with Gasteiger partial charge in [-0.05, 0) is 35.6 Å². The average molecular weight is 789 g/mol. The van der Waals surface area contributed by atoms with E-state index in [9.17, 15) is 24.3 Å². The van der Waals surface area contributed by atoms with Crippen LogP contribution in [-0.2, 0) is 31.7 Å². The highest BCUT2D eigenvalue weighted by molar-refractivity contribution is 8.26. The maximum atomic E-state index is 12.0. The Morgan fingerprint density at radius 2 is 0.878 bits per heavy atom. The summed E-state index contributed by atoms with van der Waals surface area (Å²) >= 11 is 15.1. The van der Waals surface area contributed by atoms with E-state index in [1.165, 1.54) is 0 Å². The normalized spacial score (nSPS) is 11.2. The van der Waals surface area contributed by atoms with Crippen LogP contribution >= 0.6 is 56.2 Å². The predicted octanol–water partition coefficient (Wildman–Crippen LogP) is 7.45. The van der Waals surface area contributed by atoms with Crippen molar-refractivity contribution in [3.05, 3.63) is 144 Å². The molecule has 4 rings (SSSR count). The zero-order chi connectivity index (χ0) is 36.4. The number of carboxylic acid groups (broad SMARTS) is 1. The standard InChI is InChI=1S/C17H16ClNO2.C17H17NO3.CH2Cl2.Cl2OS/c18-17(21)15(11-13-7-3-1-4-8-13)19-12-16(20)14-9-5-2-6-10-14;19-16(14-9-5-2-6-10-14)12-18-15(17(20)21)11-13-7-3-1-4-8-13;2-1-3;1-4(2)3/h1-10,15,19H,11-12H2;1-10,15,18H,11-12H2,(H,20,21);1H2;/t2*15-;;/m00../s1. The van der Waals surface area contributed by atoms with Crippen molar-refractivity contribution < 1.29 is 28.5 Å². The van der Waals surface area contributed by atoms with Crippen molar-refractivity contribution in [2.24, 2.45) is 0 Å². The summed E-state index contributed by atoms with van der Waals surface area (Å²) in [6.45, 7) is 0.0911. The van der Waals surface area contributed by atoms with Crippen LogP contribution in [0.5, 0.6) is 0 Å². The van der Waals surface area contributed by atoms with E-state index >= 15 is 0 Å². The Hall–Kier alpha value is -3.12. The number of nitrogens with one attached hydrogen (secondary N) is 2. The second kappa shape index (κ2) is 26.7. The molecule has 14 heteroatoms. The molecule has 0 spiro atoms. The summed E-state index contributed by atoms with van der Waals surface area (Å²) in [6, 6.07) is 35.4. The minimum Gasteiger partial charge on any atom is -0.480 e. The van der Waals surface area contributed by atoms with Gasteiger partial charge in [-0.15, -0.1) is 23.2 Å². The Bertz CT molecular complexity index is 1440. The van der Waals surface area contributed by atoms with Crippen LogP contribution in [0.1, 0.15) is 31.8 Å². The first-order valence-corrected chi connectivity index (χ1v) is 18.7. The van der Waals surface area contributed by atoms with Gasteiger partial charge in [0.25, 0.3) is 0 Å². The number of Topliss-reactive ketones (excluding diaryl/α,β-unsaturated/α-hetero) is 2. The smallest absolute Gasteiger partial charge is 0.321 e.